The fourth-order valence-electron chi connectivity index (χ4n) is 2.67. The molecule has 0 atom stereocenters. The van der Waals surface area contributed by atoms with Crippen molar-refractivity contribution in [3.05, 3.63) is 11.0 Å². The predicted molar refractivity (Wildman–Crippen MR) is 59.6 cm³/mol. The zero-order valence-electron chi connectivity index (χ0n) is 9.07. The van der Waals surface area contributed by atoms with Gasteiger partial charge in [-0.3, -0.25) is 0 Å². The molecule has 1 aliphatic heterocycles. The second-order valence-electron chi connectivity index (χ2n) is 4.45. The fraction of sp³-hybridized carbons (Fsp3) is 0.800. The van der Waals surface area contributed by atoms with Crippen LogP contribution in [0, 0.1) is 0 Å². The third kappa shape index (κ3) is 1.53. The highest BCUT2D eigenvalue weighted by Crippen LogP contribution is 2.42. The van der Waals surface area contributed by atoms with Crippen molar-refractivity contribution in [2.75, 3.05) is 13.6 Å². The number of nitrogens with zero attached hydrogens (tertiary/aromatic N) is 1. The summed E-state index contributed by atoms with van der Waals surface area (Å²) in [6, 6.07) is 0. The topological polar surface area (TPSA) is 63.4 Å². The average Bonchev–Trinajstić information content (AvgIpc) is 2.42. The first-order chi connectivity index (χ1) is 7.03. The first-order valence-corrected chi connectivity index (χ1v) is 6.88. The molecule has 4 nitrogen and oxygen atoms in total. The highest BCUT2D eigenvalue weighted by atomic mass is 32.2. The number of sulfonamides is 1. The van der Waals surface area contributed by atoms with Gasteiger partial charge in [-0.2, -0.15) is 4.31 Å². The monoisotopic (exact) mass is 230 g/mol. The standard InChI is InChI=1S/C10H18N2O2S/c1-12-10(5-3-2-4-6-10)7-9(8-11)15(12,13)14/h7H,2-6,8,11H2,1H3. The summed E-state index contributed by atoms with van der Waals surface area (Å²) in [5.41, 5.74) is 5.23. The number of nitrogens with two attached hydrogens (primary N) is 1. The third-order valence-corrected chi connectivity index (χ3v) is 5.70. The van der Waals surface area contributed by atoms with Crippen LogP contribution in [-0.4, -0.2) is 31.9 Å². The van der Waals surface area contributed by atoms with Gasteiger partial charge in [0.2, 0.25) is 10.0 Å². The second-order valence-corrected chi connectivity index (χ2v) is 6.47. The Morgan fingerprint density at radius 2 is 2.00 bits per heavy atom. The Morgan fingerprint density at radius 1 is 1.40 bits per heavy atom. The van der Waals surface area contributed by atoms with Crippen molar-refractivity contribution in [1.82, 2.24) is 4.31 Å². The predicted octanol–water partition coefficient (Wildman–Crippen LogP) is 0.807. The summed E-state index contributed by atoms with van der Waals surface area (Å²) in [7, 11) is -1.57. The van der Waals surface area contributed by atoms with E-state index in [1.165, 1.54) is 10.7 Å². The summed E-state index contributed by atoms with van der Waals surface area (Å²) in [5.74, 6) is 0. The molecule has 1 saturated carbocycles. The van der Waals surface area contributed by atoms with Gasteiger partial charge in [-0.15, -0.1) is 0 Å². The van der Waals surface area contributed by atoms with Gasteiger partial charge >= 0.3 is 0 Å². The number of hydrogen-bond donors (Lipinski definition) is 1. The van der Waals surface area contributed by atoms with Gasteiger partial charge in [-0.1, -0.05) is 19.3 Å². The Balaban J connectivity index is 2.40. The number of rotatable bonds is 1. The van der Waals surface area contributed by atoms with Crippen molar-refractivity contribution in [2.45, 2.75) is 37.6 Å². The van der Waals surface area contributed by atoms with E-state index in [0.717, 1.165) is 25.7 Å². The lowest BCUT2D eigenvalue weighted by Crippen LogP contribution is -2.44. The van der Waals surface area contributed by atoms with Crippen LogP contribution >= 0.6 is 0 Å². The molecule has 0 radical (unpaired) electrons. The molecule has 0 bridgehead atoms. The zero-order valence-corrected chi connectivity index (χ0v) is 9.89. The van der Waals surface area contributed by atoms with Crippen molar-refractivity contribution in [3.8, 4) is 0 Å². The Kier molecular flexibility index (Phi) is 2.65. The minimum atomic E-state index is -3.25. The highest BCUT2D eigenvalue weighted by molar-refractivity contribution is 7.93. The largest absolute Gasteiger partial charge is 0.326 e. The van der Waals surface area contributed by atoms with Crippen LogP contribution in [0.2, 0.25) is 0 Å². The molecule has 0 aromatic heterocycles. The maximum Gasteiger partial charge on any atom is 0.240 e. The van der Waals surface area contributed by atoms with Gasteiger partial charge in [0.1, 0.15) is 0 Å². The lowest BCUT2D eigenvalue weighted by molar-refractivity contribution is 0.213. The normalized spacial score (nSPS) is 29.3. The Hall–Kier alpha value is -0.390. The van der Waals surface area contributed by atoms with Gasteiger partial charge in [0.15, 0.2) is 0 Å². The molecular formula is C10H18N2O2S. The summed E-state index contributed by atoms with van der Waals surface area (Å²) < 4.78 is 25.5. The van der Waals surface area contributed by atoms with E-state index < -0.39 is 10.0 Å². The molecule has 0 amide bonds. The Morgan fingerprint density at radius 3 is 2.47 bits per heavy atom. The minimum absolute atomic E-state index is 0.119. The van der Waals surface area contributed by atoms with Gasteiger partial charge in [0.05, 0.1) is 10.4 Å². The van der Waals surface area contributed by atoms with Crippen LogP contribution in [0.3, 0.4) is 0 Å². The molecule has 15 heavy (non-hydrogen) atoms. The van der Waals surface area contributed by atoms with E-state index in [1.807, 2.05) is 6.08 Å². The van der Waals surface area contributed by atoms with E-state index >= 15 is 0 Å². The lowest BCUT2D eigenvalue weighted by atomic mass is 9.81. The number of likely N-dealkylation sites (N-methyl/N-ethyl adjacent to an activating group) is 1. The van der Waals surface area contributed by atoms with Gasteiger partial charge in [-0.05, 0) is 18.9 Å². The summed E-state index contributed by atoms with van der Waals surface area (Å²) >= 11 is 0. The van der Waals surface area contributed by atoms with Gasteiger partial charge < -0.3 is 5.73 Å². The molecule has 1 aliphatic carbocycles. The molecule has 1 spiro atoms. The smallest absolute Gasteiger partial charge is 0.240 e. The number of hydrogen-bond acceptors (Lipinski definition) is 3. The Labute approximate surface area is 91.2 Å². The highest BCUT2D eigenvalue weighted by Gasteiger charge is 2.47. The minimum Gasteiger partial charge on any atom is -0.326 e. The van der Waals surface area contributed by atoms with Crippen LogP contribution in [0.1, 0.15) is 32.1 Å². The molecule has 0 saturated heterocycles. The molecule has 1 fully saturated rings. The molecule has 2 N–H and O–H groups in total. The summed E-state index contributed by atoms with van der Waals surface area (Å²) in [5, 5.41) is 0. The lowest BCUT2D eigenvalue weighted by Gasteiger charge is -2.37. The zero-order chi connectivity index (χ0) is 11.1. The van der Waals surface area contributed by atoms with Crippen molar-refractivity contribution in [1.29, 1.82) is 0 Å². The fourth-order valence-corrected chi connectivity index (χ4v) is 4.31. The molecule has 1 heterocycles. The maximum atomic E-state index is 12.0. The van der Waals surface area contributed by atoms with Crippen LogP contribution in [0.25, 0.3) is 0 Å². The first kappa shape index (κ1) is 11.1. The van der Waals surface area contributed by atoms with E-state index in [0.29, 0.717) is 4.91 Å². The van der Waals surface area contributed by atoms with Crippen LogP contribution in [-0.2, 0) is 10.0 Å². The van der Waals surface area contributed by atoms with Gasteiger partial charge in [0.25, 0.3) is 0 Å². The summed E-state index contributed by atoms with van der Waals surface area (Å²) in [6.07, 6.45) is 7.18. The van der Waals surface area contributed by atoms with Crippen molar-refractivity contribution in [3.63, 3.8) is 0 Å². The van der Waals surface area contributed by atoms with Gasteiger partial charge in [0, 0.05) is 13.6 Å². The van der Waals surface area contributed by atoms with E-state index in [-0.39, 0.29) is 12.1 Å². The molecule has 5 heteroatoms. The molecule has 86 valence electrons. The quantitative estimate of drug-likeness (QED) is 0.725. The Bertz CT molecular complexity index is 380. The molecule has 0 aromatic carbocycles. The van der Waals surface area contributed by atoms with E-state index in [2.05, 4.69) is 0 Å². The summed E-state index contributed by atoms with van der Waals surface area (Å²) in [6.45, 7) is 0.119. The first-order valence-electron chi connectivity index (χ1n) is 5.44. The summed E-state index contributed by atoms with van der Waals surface area (Å²) in [4.78, 5) is 0.395. The van der Waals surface area contributed by atoms with E-state index in [1.54, 1.807) is 7.05 Å². The molecular weight excluding hydrogens is 212 g/mol. The average molecular weight is 230 g/mol. The third-order valence-electron chi connectivity index (χ3n) is 3.67. The van der Waals surface area contributed by atoms with E-state index in [4.69, 9.17) is 5.73 Å². The SMILES string of the molecule is CN1C2(C=C(CN)S1(=O)=O)CCCCC2. The molecule has 2 rings (SSSR count). The molecule has 0 aromatic rings. The van der Waals surface area contributed by atoms with Crippen LogP contribution in [0.4, 0.5) is 0 Å². The second kappa shape index (κ2) is 3.57. The van der Waals surface area contributed by atoms with Crippen molar-refractivity contribution in [2.24, 2.45) is 5.73 Å². The van der Waals surface area contributed by atoms with E-state index in [9.17, 15) is 8.42 Å². The maximum absolute atomic E-state index is 12.0. The van der Waals surface area contributed by atoms with Gasteiger partial charge in [-0.25, -0.2) is 8.42 Å². The molecule has 2 aliphatic rings. The van der Waals surface area contributed by atoms with Crippen molar-refractivity contribution >= 4 is 10.0 Å². The molecule has 0 unspecified atom stereocenters. The van der Waals surface area contributed by atoms with Crippen LogP contribution < -0.4 is 5.73 Å². The van der Waals surface area contributed by atoms with Crippen LogP contribution in [0.15, 0.2) is 11.0 Å². The van der Waals surface area contributed by atoms with Crippen molar-refractivity contribution < 1.29 is 8.42 Å². The van der Waals surface area contributed by atoms with Crippen LogP contribution in [0.5, 0.6) is 0 Å².